The number of rotatable bonds is 3. The number of carboxylic acids is 1. The highest BCUT2D eigenvalue weighted by molar-refractivity contribution is 9.10. The third-order valence-electron chi connectivity index (χ3n) is 1.87. The first-order chi connectivity index (χ1) is 8.67. The Morgan fingerprint density at radius 3 is 2.58 bits per heavy atom. The maximum absolute atomic E-state index is 11.5. The second-order valence-electron chi connectivity index (χ2n) is 4.82. The van der Waals surface area contributed by atoms with Crippen LogP contribution in [0.15, 0.2) is 16.6 Å². The van der Waals surface area contributed by atoms with Crippen LogP contribution in [0.2, 0.25) is 0 Å². The average molecular weight is 331 g/mol. The van der Waals surface area contributed by atoms with Crippen LogP contribution in [-0.4, -0.2) is 27.8 Å². The molecule has 0 saturated carbocycles. The van der Waals surface area contributed by atoms with Gasteiger partial charge in [0.15, 0.2) is 0 Å². The molecular weight excluding hydrogens is 316 g/mol. The van der Waals surface area contributed by atoms with Crippen LogP contribution < -0.4 is 5.32 Å². The number of carbonyl (C=O) groups excluding carboxylic acids is 1. The van der Waals surface area contributed by atoms with Crippen molar-refractivity contribution in [2.75, 3.05) is 5.32 Å². The molecule has 0 aliphatic carbocycles. The smallest absolute Gasteiger partial charge is 0.413 e. The summed E-state index contributed by atoms with van der Waals surface area (Å²) in [7, 11) is 0. The molecule has 1 aromatic rings. The van der Waals surface area contributed by atoms with Gasteiger partial charge in [-0.15, -0.1) is 0 Å². The summed E-state index contributed by atoms with van der Waals surface area (Å²) in [6, 6.07) is 3.18. The fourth-order valence-corrected chi connectivity index (χ4v) is 1.59. The fourth-order valence-electron chi connectivity index (χ4n) is 1.23. The summed E-state index contributed by atoms with van der Waals surface area (Å²) in [6.45, 7) is 5.24. The molecule has 0 unspecified atom stereocenters. The third kappa shape index (κ3) is 5.69. The topological polar surface area (TPSA) is 88.5 Å². The molecule has 0 atom stereocenters. The summed E-state index contributed by atoms with van der Waals surface area (Å²) < 4.78 is 5.65. The molecule has 1 aromatic heterocycles. The van der Waals surface area contributed by atoms with Crippen LogP contribution in [-0.2, 0) is 16.0 Å². The van der Waals surface area contributed by atoms with E-state index >= 15 is 0 Å². The number of nitrogens with zero attached hydrogens (tertiary/aromatic N) is 1. The number of carbonyl (C=O) groups is 2. The van der Waals surface area contributed by atoms with Gasteiger partial charge in [-0.1, -0.05) is 0 Å². The predicted octanol–water partition coefficient (Wildman–Crippen LogP) is 2.82. The van der Waals surface area contributed by atoms with E-state index in [1.165, 1.54) is 0 Å². The average Bonchev–Trinajstić information content (AvgIpc) is 2.19. The summed E-state index contributed by atoms with van der Waals surface area (Å²) in [4.78, 5) is 26.3. The van der Waals surface area contributed by atoms with Crippen LogP contribution in [0.3, 0.4) is 0 Å². The summed E-state index contributed by atoms with van der Waals surface area (Å²) in [5.74, 6) is -0.753. The number of carboxylic acid groups (broad SMARTS) is 1. The first-order valence-electron chi connectivity index (χ1n) is 5.54. The Morgan fingerprint density at radius 2 is 2.05 bits per heavy atom. The molecular formula is C12H15BrN2O4. The minimum atomic E-state index is -0.998. The lowest BCUT2D eigenvalue weighted by molar-refractivity contribution is -0.136. The molecule has 0 bridgehead atoms. The monoisotopic (exact) mass is 330 g/mol. The van der Waals surface area contributed by atoms with E-state index in [0.717, 1.165) is 0 Å². The van der Waals surface area contributed by atoms with Gasteiger partial charge in [0, 0.05) is 4.47 Å². The number of amides is 1. The van der Waals surface area contributed by atoms with Crippen LogP contribution in [0.5, 0.6) is 0 Å². The zero-order valence-electron chi connectivity index (χ0n) is 10.9. The number of aromatic nitrogens is 1. The Bertz CT molecular complexity index is 497. The SMILES string of the molecule is CC(C)(C)OC(=O)Nc1ccc(Br)c(CC(=O)O)n1. The third-order valence-corrected chi connectivity index (χ3v) is 2.59. The molecule has 0 saturated heterocycles. The van der Waals surface area contributed by atoms with E-state index in [4.69, 9.17) is 9.84 Å². The molecule has 1 rings (SSSR count). The lowest BCUT2D eigenvalue weighted by Gasteiger charge is -2.19. The van der Waals surface area contributed by atoms with E-state index in [2.05, 4.69) is 26.2 Å². The summed E-state index contributed by atoms with van der Waals surface area (Å²) in [5, 5.41) is 11.2. The molecule has 19 heavy (non-hydrogen) atoms. The molecule has 2 N–H and O–H groups in total. The van der Waals surface area contributed by atoms with Crippen molar-refractivity contribution in [3.05, 3.63) is 22.3 Å². The molecule has 7 heteroatoms. The molecule has 0 aromatic carbocycles. The highest BCUT2D eigenvalue weighted by Crippen LogP contribution is 2.18. The standard InChI is InChI=1S/C12H15BrN2O4/c1-12(2,3)19-11(18)15-9-5-4-7(13)8(14-9)6-10(16)17/h4-5H,6H2,1-3H3,(H,16,17)(H,14,15,18). The molecule has 6 nitrogen and oxygen atoms in total. The minimum Gasteiger partial charge on any atom is -0.481 e. The van der Waals surface area contributed by atoms with Gasteiger partial charge < -0.3 is 9.84 Å². The Labute approximate surface area is 119 Å². The molecule has 1 heterocycles. The number of nitrogens with one attached hydrogen (secondary N) is 1. The van der Waals surface area contributed by atoms with Crippen molar-refractivity contribution in [3.63, 3.8) is 0 Å². The number of hydrogen-bond donors (Lipinski definition) is 2. The van der Waals surface area contributed by atoms with Gasteiger partial charge in [0.1, 0.15) is 11.4 Å². The van der Waals surface area contributed by atoms with Gasteiger partial charge in [-0.05, 0) is 48.8 Å². The number of halogens is 1. The van der Waals surface area contributed by atoms with Gasteiger partial charge in [-0.2, -0.15) is 0 Å². The van der Waals surface area contributed by atoms with Gasteiger partial charge in [0.25, 0.3) is 0 Å². The number of ether oxygens (including phenoxy) is 1. The lowest BCUT2D eigenvalue weighted by Crippen LogP contribution is -2.27. The van der Waals surface area contributed by atoms with E-state index in [-0.39, 0.29) is 12.2 Å². The molecule has 0 spiro atoms. The van der Waals surface area contributed by atoms with Crippen molar-refractivity contribution in [1.29, 1.82) is 0 Å². The molecule has 0 aliphatic rings. The highest BCUT2D eigenvalue weighted by atomic mass is 79.9. The molecule has 0 aliphatic heterocycles. The molecule has 1 amide bonds. The second kappa shape index (κ2) is 6.01. The van der Waals surface area contributed by atoms with E-state index in [9.17, 15) is 9.59 Å². The van der Waals surface area contributed by atoms with Crippen molar-refractivity contribution in [2.45, 2.75) is 32.8 Å². The van der Waals surface area contributed by atoms with E-state index in [1.54, 1.807) is 32.9 Å². The van der Waals surface area contributed by atoms with Crippen molar-refractivity contribution in [2.24, 2.45) is 0 Å². The first kappa shape index (κ1) is 15.4. The molecule has 0 radical (unpaired) electrons. The Morgan fingerprint density at radius 1 is 1.42 bits per heavy atom. The number of aliphatic carboxylic acids is 1. The quantitative estimate of drug-likeness (QED) is 0.889. The minimum absolute atomic E-state index is 0.232. The van der Waals surface area contributed by atoms with Crippen molar-refractivity contribution < 1.29 is 19.4 Å². The van der Waals surface area contributed by atoms with Crippen molar-refractivity contribution >= 4 is 33.8 Å². The molecule has 104 valence electrons. The van der Waals surface area contributed by atoms with Crippen LogP contribution >= 0.6 is 15.9 Å². The Balaban J connectivity index is 2.79. The summed E-state index contributed by atoms with van der Waals surface area (Å²) in [6.07, 6.45) is -0.867. The normalized spacial score (nSPS) is 10.9. The number of pyridine rings is 1. The molecule has 0 fully saturated rings. The van der Waals surface area contributed by atoms with E-state index < -0.39 is 17.7 Å². The van der Waals surface area contributed by atoms with Crippen LogP contribution in [0.1, 0.15) is 26.5 Å². The van der Waals surface area contributed by atoms with Gasteiger partial charge >= 0.3 is 12.1 Å². The summed E-state index contributed by atoms with van der Waals surface area (Å²) in [5.41, 5.74) is -0.273. The van der Waals surface area contributed by atoms with Gasteiger partial charge in [0.2, 0.25) is 0 Å². The number of anilines is 1. The highest BCUT2D eigenvalue weighted by Gasteiger charge is 2.17. The first-order valence-corrected chi connectivity index (χ1v) is 6.34. The van der Waals surface area contributed by atoms with Crippen molar-refractivity contribution in [3.8, 4) is 0 Å². The summed E-state index contributed by atoms with van der Waals surface area (Å²) >= 11 is 3.20. The Kier molecular flexibility index (Phi) is 4.88. The zero-order chi connectivity index (χ0) is 14.6. The second-order valence-corrected chi connectivity index (χ2v) is 5.68. The van der Waals surface area contributed by atoms with Crippen LogP contribution in [0.4, 0.5) is 10.6 Å². The van der Waals surface area contributed by atoms with Crippen LogP contribution in [0, 0.1) is 0 Å². The van der Waals surface area contributed by atoms with Crippen molar-refractivity contribution in [1.82, 2.24) is 4.98 Å². The lowest BCUT2D eigenvalue weighted by atomic mass is 10.2. The van der Waals surface area contributed by atoms with E-state index in [0.29, 0.717) is 10.2 Å². The fraction of sp³-hybridized carbons (Fsp3) is 0.417. The van der Waals surface area contributed by atoms with Gasteiger partial charge in [-0.3, -0.25) is 10.1 Å². The Hall–Kier alpha value is -1.63. The van der Waals surface area contributed by atoms with Crippen LogP contribution in [0.25, 0.3) is 0 Å². The largest absolute Gasteiger partial charge is 0.481 e. The van der Waals surface area contributed by atoms with Gasteiger partial charge in [-0.25, -0.2) is 9.78 Å². The zero-order valence-corrected chi connectivity index (χ0v) is 12.4. The van der Waals surface area contributed by atoms with Gasteiger partial charge in [0.05, 0.1) is 12.1 Å². The maximum Gasteiger partial charge on any atom is 0.413 e. The maximum atomic E-state index is 11.5. The predicted molar refractivity (Wildman–Crippen MR) is 73.1 cm³/mol. The number of hydrogen-bond acceptors (Lipinski definition) is 4. The van der Waals surface area contributed by atoms with E-state index in [1.807, 2.05) is 0 Å².